The molecule has 7 heteroatoms. The van der Waals surface area contributed by atoms with E-state index in [1.807, 2.05) is 0 Å². The van der Waals surface area contributed by atoms with Crippen molar-refractivity contribution in [3.05, 3.63) is 53.3 Å². The fourth-order valence-electron chi connectivity index (χ4n) is 2.94. The summed E-state index contributed by atoms with van der Waals surface area (Å²) in [5, 5.41) is 12.7. The van der Waals surface area contributed by atoms with Gasteiger partial charge in [0.05, 0.1) is 11.8 Å². The molecule has 132 valence electrons. The molecule has 2 heterocycles. The number of aliphatic carboxylic acids is 1. The van der Waals surface area contributed by atoms with E-state index in [1.54, 1.807) is 4.90 Å². The van der Waals surface area contributed by atoms with Crippen molar-refractivity contribution >= 4 is 11.9 Å². The van der Waals surface area contributed by atoms with Crippen molar-refractivity contribution in [3.8, 4) is 0 Å². The van der Waals surface area contributed by atoms with Crippen molar-refractivity contribution in [2.24, 2.45) is 0 Å². The number of carbonyl (C=O) groups is 2. The summed E-state index contributed by atoms with van der Waals surface area (Å²) in [7, 11) is 0. The van der Waals surface area contributed by atoms with E-state index >= 15 is 0 Å². The van der Waals surface area contributed by atoms with Gasteiger partial charge in [-0.15, -0.1) is 0 Å². The zero-order chi connectivity index (χ0) is 17.8. The Balaban J connectivity index is 1.52. The third-order valence-corrected chi connectivity index (χ3v) is 4.36. The van der Waals surface area contributed by atoms with Crippen LogP contribution >= 0.6 is 0 Å². The molecule has 1 aromatic carbocycles. The molecule has 1 fully saturated rings. The zero-order valence-corrected chi connectivity index (χ0v) is 14.3. The number of rotatable bonds is 5. The van der Waals surface area contributed by atoms with E-state index in [4.69, 9.17) is 5.11 Å². The quantitative estimate of drug-likeness (QED) is 0.884. The highest BCUT2D eigenvalue weighted by atomic mass is 16.4. The van der Waals surface area contributed by atoms with Crippen molar-refractivity contribution in [3.63, 3.8) is 0 Å². The predicted molar refractivity (Wildman–Crippen MR) is 92.2 cm³/mol. The van der Waals surface area contributed by atoms with Crippen LogP contribution < -0.4 is 0 Å². The maximum Gasteiger partial charge on any atom is 0.325 e. The lowest BCUT2D eigenvalue weighted by Gasteiger charge is -2.34. The highest BCUT2D eigenvalue weighted by molar-refractivity contribution is 5.93. The summed E-state index contributed by atoms with van der Waals surface area (Å²) in [4.78, 5) is 27.3. The average Bonchev–Trinajstić information content (AvgIpc) is 3.05. The zero-order valence-electron chi connectivity index (χ0n) is 14.3. The molecule has 0 aliphatic carbocycles. The molecule has 1 aliphatic heterocycles. The van der Waals surface area contributed by atoms with Gasteiger partial charge in [-0.2, -0.15) is 5.10 Å². The van der Waals surface area contributed by atoms with Gasteiger partial charge in [-0.1, -0.05) is 29.8 Å². The SMILES string of the molecule is Cc1ccc(CN2CCN(C(=O)c3cnn(CC(=O)O)c3)CC2)cc1. The lowest BCUT2D eigenvalue weighted by molar-refractivity contribution is -0.137. The smallest absolute Gasteiger partial charge is 0.325 e. The van der Waals surface area contributed by atoms with Crippen LogP contribution in [0.1, 0.15) is 21.5 Å². The van der Waals surface area contributed by atoms with Crippen LogP contribution in [-0.4, -0.2) is 62.7 Å². The number of hydrogen-bond acceptors (Lipinski definition) is 4. The van der Waals surface area contributed by atoms with Crippen molar-refractivity contribution in [2.45, 2.75) is 20.0 Å². The lowest BCUT2D eigenvalue weighted by Crippen LogP contribution is -2.48. The summed E-state index contributed by atoms with van der Waals surface area (Å²) in [5.74, 6) is -1.07. The topological polar surface area (TPSA) is 78.7 Å². The van der Waals surface area contributed by atoms with Crippen molar-refractivity contribution in [2.75, 3.05) is 26.2 Å². The maximum atomic E-state index is 12.5. The highest BCUT2D eigenvalue weighted by Gasteiger charge is 2.23. The van der Waals surface area contributed by atoms with Crippen LogP contribution in [0.5, 0.6) is 0 Å². The van der Waals surface area contributed by atoms with E-state index in [9.17, 15) is 9.59 Å². The molecule has 7 nitrogen and oxygen atoms in total. The molecule has 1 N–H and O–H groups in total. The Morgan fingerprint density at radius 1 is 1.12 bits per heavy atom. The average molecular weight is 342 g/mol. The molecular formula is C18H22N4O3. The Bertz CT molecular complexity index is 746. The molecule has 1 aromatic heterocycles. The van der Waals surface area contributed by atoms with Gasteiger partial charge >= 0.3 is 5.97 Å². The van der Waals surface area contributed by atoms with Gasteiger partial charge < -0.3 is 10.0 Å². The van der Waals surface area contributed by atoms with E-state index in [0.717, 1.165) is 19.6 Å². The van der Waals surface area contributed by atoms with Crippen LogP contribution in [-0.2, 0) is 17.9 Å². The molecule has 3 rings (SSSR count). The normalized spacial score (nSPS) is 15.3. The van der Waals surface area contributed by atoms with Crippen LogP contribution in [0, 0.1) is 6.92 Å². The van der Waals surface area contributed by atoms with E-state index < -0.39 is 5.97 Å². The Labute approximate surface area is 146 Å². The highest BCUT2D eigenvalue weighted by Crippen LogP contribution is 2.12. The minimum atomic E-state index is -0.980. The molecule has 1 amide bonds. The van der Waals surface area contributed by atoms with Gasteiger partial charge in [0.25, 0.3) is 5.91 Å². The number of hydrogen-bond donors (Lipinski definition) is 1. The van der Waals surface area contributed by atoms with Crippen molar-refractivity contribution < 1.29 is 14.7 Å². The van der Waals surface area contributed by atoms with Gasteiger partial charge in [0.15, 0.2) is 0 Å². The van der Waals surface area contributed by atoms with Crippen molar-refractivity contribution in [1.82, 2.24) is 19.6 Å². The van der Waals surface area contributed by atoms with Crippen LogP contribution in [0.2, 0.25) is 0 Å². The largest absolute Gasteiger partial charge is 0.480 e. The lowest BCUT2D eigenvalue weighted by atomic mass is 10.1. The second-order valence-electron chi connectivity index (χ2n) is 6.37. The monoisotopic (exact) mass is 342 g/mol. The Morgan fingerprint density at radius 3 is 2.44 bits per heavy atom. The molecule has 0 spiro atoms. The van der Waals surface area contributed by atoms with E-state index in [0.29, 0.717) is 18.7 Å². The molecule has 0 atom stereocenters. The second-order valence-corrected chi connectivity index (χ2v) is 6.37. The first-order chi connectivity index (χ1) is 12.0. The summed E-state index contributed by atoms with van der Waals surface area (Å²) in [5.41, 5.74) is 2.97. The van der Waals surface area contributed by atoms with E-state index in [1.165, 1.54) is 28.2 Å². The van der Waals surface area contributed by atoms with Crippen LogP contribution in [0.15, 0.2) is 36.7 Å². The van der Waals surface area contributed by atoms with Gasteiger partial charge in [0.2, 0.25) is 0 Å². The molecule has 0 radical (unpaired) electrons. The standard InChI is InChI=1S/C18H22N4O3/c1-14-2-4-15(5-3-14)11-20-6-8-21(9-7-20)18(25)16-10-19-22(12-16)13-17(23)24/h2-5,10,12H,6-9,11,13H2,1H3,(H,23,24). The Morgan fingerprint density at radius 2 is 1.80 bits per heavy atom. The summed E-state index contributed by atoms with van der Waals surface area (Å²) >= 11 is 0. The van der Waals surface area contributed by atoms with Gasteiger partial charge in [-0.05, 0) is 12.5 Å². The van der Waals surface area contributed by atoms with E-state index in [2.05, 4.69) is 41.2 Å². The van der Waals surface area contributed by atoms with Crippen LogP contribution in [0.4, 0.5) is 0 Å². The number of nitrogens with zero attached hydrogens (tertiary/aromatic N) is 4. The summed E-state index contributed by atoms with van der Waals surface area (Å²) in [6.45, 7) is 5.69. The molecule has 2 aromatic rings. The summed E-state index contributed by atoms with van der Waals surface area (Å²) < 4.78 is 1.27. The molecule has 25 heavy (non-hydrogen) atoms. The summed E-state index contributed by atoms with van der Waals surface area (Å²) in [6.07, 6.45) is 2.93. The van der Waals surface area contributed by atoms with Gasteiger partial charge in [0, 0.05) is 38.9 Å². The first-order valence-corrected chi connectivity index (χ1v) is 8.33. The maximum absolute atomic E-state index is 12.5. The van der Waals surface area contributed by atoms with E-state index in [-0.39, 0.29) is 12.5 Å². The van der Waals surface area contributed by atoms with Gasteiger partial charge in [-0.25, -0.2) is 0 Å². The predicted octanol–water partition coefficient (Wildman–Crippen LogP) is 1.23. The molecule has 1 aliphatic rings. The molecular weight excluding hydrogens is 320 g/mol. The number of piperazine rings is 1. The van der Waals surface area contributed by atoms with Crippen LogP contribution in [0.3, 0.4) is 0 Å². The van der Waals surface area contributed by atoms with Crippen molar-refractivity contribution in [1.29, 1.82) is 0 Å². The van der Waals surface area contributed by atoms with Crippen LogP contribution in [0.25, 0.3) is 0 Å². The fraction of sp³-hybridized carbons (Fsp3) is 0.389. The number of carbonyl (C=O) groups excluding carboxylic acids is 1. The number of benzene rings is 1. The number of amides is 1. The summed E-state index contributed by atoms with van der Waals surface area (Å²) in [6, 6.07) is 8.52. The third kappa shape index (κ3) is 4.45. The number of aryl methyl sites for hydroxylation is 1. The molecule has 0 unspecified atom stereocenters. The van der Waals surface area contributed by atoms with Gasteiger partial charge in [-0.3, -0.25) is 19.2 Å². The first kappa shape index (κ1) is 17.2. The minimum Gasteiger partial charge on any atom is -0.480 e. The molecule has 0 bridgehead atoms. The second kappa shape index (κ2) is 7.48. The fourth-order valence-corrected chi connectivity index (χ4v) is 2.94. The first-order valence-electron chi connectivity index (χ1n) is 8.33. The Hall–Kier alpha value is -2.67. The number of carboxylic acids is 1. The van der Waals surface area contributed by atoms with Gasteiger partial charge in [0.1, 0.15) is 6.54 Å². The number of carboxylic acid groups (broad SMARTS) is 1. The number of aromatic nitrogens is 2. The third-order valence-electron chi connectivity index (χ3n) is 4.36. The Kier molecular flexibility index (Phi) is 5.14. The molecule has 1 saturated heterocycles. The minimum absolute atomic E-state index is 0.0911. The molecule has 0 saturated carbocycles.